The van der Waals surface area contributed by atoms with Crippen LogP contribution in [0.3, 0.4) is 0 Å². The largest absolute Gasteiger partial charge is 0.382 e. The van der Waals surface area contributed by atoms with Gasteiger partial charge in [-0.05, 0) is 12.0 Å². The van der Waals surface area contributed by atoms with Crippen molar-refractivity contribution >= 4 is 5.82 Å². The van der Waals surface area contributed by atoms with Crippen LogP contribution >= 0.6 is 0 Å². The summed E-state index contributed by atoms with van der Waals surface area (Å²) in [5, 5.41) is 4.04. The lowest BCUT2D eigenvalue weighted by molar-refractivity contribution is 0.101. The van der Waals surface area contributed by atoms with Gasteiger partial charge in [-0.2, -0.15) is 5.10 Å². The molecule has 2 N–H and O–H groups in total. The molecule has 0 atom stereocenters. The average molecular weight is 183 g/mol. The lowest BCUT2D eigenvalue weighted by atomic mass is 10.2. The Kier molecular flexibility index (Phi) is 3.76. The SMILES string of the molecule is CC(C)COCCn1ccc(N)n1. The zero-order valence-electron chi connectivity index (χ0n) is 8.23. The third-order valence-electron chi connectivity index (χ3n) is 1.58. The zero-order valence-corrected chi connectivity index (χ0v) is 8.23. The van der Waals surface area contributed by atoms with Gasteiger partial charge in [0.2, 0.25) is 0 Å². The lowest BCUT2D eigenvalue weighted by Crippen LogP contribution is -2.10. The topological polar surface area (TPSA) is 53.1 Å². The summed E-state index contributed by atoms with van der Waals surface area (Å²) in [6.07, 6.45) is 1.86. The van der Waals surface area contributed by atoms with Crippen molar-refractivity contribution in [3.8, 4) is 0 Å². The van der Waals surface area contributed by atoms with E-state index in [2.05, 4.69) is 18.9 Å². The second kappa shape index (κ2) is 4.87. The van der Waals surface area contributed by atoms with E-state index in [-0.39, 0.29) is 0 Å². The quantitative estimate of drug-likeness (QED) is 0.696. The Balaban J connectivity index is 2.13. The molecule has 0 amide bonds. The van der Waals surface area contributed by atoms with Crippen LogP contribution in [-0.2, 0) is 11.3 Å². The second-order valence-corrected chi connectivity index (χ2v) is 3.47. The molecule has 0 aromatic carbocycles. The Hall–Kier alpha value is -1.03. The van der Waals surface area contributed by atoms with E-state index >= 15 is 0 Å². The van der Waals surface area contributed by atoms with E-state index in [1.54, 1.807) is 10.7 Å². The molecule has 1 aromatic heterocycles. The molecule has 0 saturated carbocycles. The molecule has 0 aliphatic heterocycles. The molecule has 74 valence electrons. The summed E-state index contributed by atoms with van der Waals surface area (Å²) < 4.78 is 7.19. The average Bonchev–Trinajstić information content (AvgIpc) is 2.45. The molecular weight excluding hydrogens is 166 g/mol. The first-order chi connectivity index (χ1) is 6.18. The molecule has 13 heavy (non-hydrogen) atoms. The van der Waals surface area contributed by atoms with Gasteiger partial charge in [0.25, 0.3) is 0 Å². The first-order valence-electron chi connectivity index (χ1n) is 4.55. The van der Waals surface area contributed by atoms with Gasteiger partial charge in [0.1, 0.15) is 5.82 Å². The highest BCUT2D eigenvalue weighted by Gasteiger charge is 1.96. The molecule has 0 fully saturated rings. The standard InChI is InChI=1S/C9H17N3O/c1-8(2)7-13-6-5-12-4-3-9(10)11-12/h3-4,8H,5-7H2,1-2H3,(H2,10,11). The Morgan fingerprint density at radius 1 is 1.62 bits per heavy atom. The Labute approximate surface area is 78.7 Å². The van der Waals surface area contributed by atoms with Crippen molar-refractivity contribution < 1.29 is 4.74 Å². The van der Waals surface area contributed by atoms with Gasteiger partial charge in [-0.3, -0.25) is 4.68 Å². The third-order valence-corrected chi connectivity index (χ3v) is 1.58. The van der Waals surface area contributed by atoms with Gasteiger partial charge in [0.05, 0.1) is 13.2 Å². The predicted molar refractivity (Wildman–Crippen MR) is 52.3 cm³/mol. The summed E-state index contributed by atoms with van der Waals surface area (Å²) in [6.45, 7) is 6.53. The van der Waals surface area contributed by atoms with Crippen molar-refractivity contribution in [3.05, 3.63) is 12.3 Å². The number of nitrogens with two attached hydrogens (primary N) is 1. The highest BCUT2D eigenvalue weighted by atomic mass is 16.5. The number of rotatable bonds is 5. The highest BCUT2D eigenvalue weighted by Crippen LogP contribution is 1.96. The maximum atomic E-state index is 5.46. The van der Waals surface area contributed by atoms with Crippen LogP contribution in [0.2, 0.25) is 0 Å². The summed E-state index contributed by atoms with van der Waals surface area (Å²) in [7, 11) is 0. The molecule has 0 aliphatic rings. The van der Waals surface area contributed by atoms with Crippen molar-refractivity contribution in [3.63, 3.8) is 0 Å². The smallest absolute Gasteiger partial charge is 0.145 e. The fourth-order valence-electron chi connectivity index (χ4n) is 0.979. The Bertz CT molecular complexity index is 245. The molecule has 1 aromatic rings. The van der Waals surface area contributed by atoms with Gasteiger partial charge < -0.3 is 10.5 Å². The van der Waals surface area contributed by atoms with Crippen molar-refractivity contribution in [2.24, 2.45) is 5.92 Å². The molecule has 1 rings (SSSR count). The molecule has 0 radical (unpaired) electrons. The van der Waals surface area contributed by atoms with Crippen LogP contribution in [0, 0.1) is 5.92 Å². The predicted octanol–water partition coefficient (Wildman–Crippen LogP) is 1.14. The number of aromatic nitrogens is 2. The molecule has 0 aliphatic carbocycles. The number of anilines is 1. The van der Waals surface area contributed by atoms with Crippen molar-refractivity contribution in [2.75, 3.05) is 18.9 Å². The van der Waals surface area contributed by atoms with Gasteiger partial charge in [-0.25, -0.2) is 0 Å². The normalized spacial score (nSPS) is 11.0. The van der Waals surface area contributed by atoms with Crippen LogP contribution in [0.25, 0.3) is 0 Å². The molecule has 0 spiro atoms. The van der Waals surface area contributed by atoms with Gasteiger partial charge in [0.15, 0.2) is 0 Å². The summed E-state index contributed by atoms with van der Waals surface area (Å²) in [5.74, 6) is 1.14. The second-order valence-electron chi connectivity index (χ2n) is 3.47. The van der Waals surface area contributed by atoms with Crippen molar-refractivity contribution in [2.45, 2.75) is 20.4 Å². The number of nitrogens with zero attached hydrogens (tertiary/aromatic N) is 2. The van der Waals surface area contributed by atoms with E-state index in [9.17, 15) is 0 Å². The van der Waals surface area contributed by atoms with Crippen LogP contribution in [0.4, 0.5) is 5.82 Å². The fourth-order valence-corrected chi connectivity index (χ4v) is 0.979. The van der Waals surface area contributed by atoms with Gasteiger partial charge in [-0.15, -0.1) is 0 Å². The summed E-state index contributed by atoms with van der Waals surface area (Å²) >= 11 is 0. The molecule has 0 saturated heterocycles. The van der Waals surface area contributed by atoms with E-state index in [4.69, 9.17) is 10.5 Å². The molecule has 0 unspecified atom stereocenters. The van der Waals surface area contributed by atoms with Gasteiger partial charge >= 0.3 is 0 Å². The lowest BCUT2D eigenvalue weighted by Gasteiger charge is -2.06. The van der Waals surface area contributed by atoms with Crippen LogP contribution in [0.5, 0.6) is 0 Å². The number of hydrogen-bond donors (Lipinski definition) is 1. The van der Waals surface area contributed by atoms with Crippen molar-refractivity contribution in [1.29, 1.82) is 0 Å². The Morgan fingerprint density at radius 3 is 2.92 bits per heavy atom. The maximum Gasteiger partial charge on any atom is 0.145 e. The first kappa shape index (κ1) is 10.1. The summed E-state index contributed by atoms with van der Waals surface area (Å²) in [4.78, 5) is 0. The maximum absolute atomic E-state index is 5.46. The Morgan fingerprint density at radius 2 is 2.38 bits per heavy atom. The van der Waals surface area contributed by atoms with E-state index in [1.165, 1.54) is 0 Å². The van der Waals surface area contributed by atoms with Crippen molar-refractivity contribution in [1.82, 2.24) is 9.78 Å². The van der Waals surface area contributed by atoms with Crippen LogP contribution in [0.1, 0.15) is 13.8 Å². The first-order valence-corrected chi connectivity index (χ1v) is 4.55. The summed E-state index contributed by atoms with van der Waals surface area (Å²) in [6, 6.07) is 1.78. The van der Waals surface area contributed by atoms with E-state index in [0.29, 0.717) is 18.3 Å². The monoisotopic (exact) mass is 183 g/mol. The van der Waals surface area contributed by atoms with Crippen LogP contribution in [0.15, 0.2) is 12.3 Å². The minimum absolute atomic E-state index is 0.559. The van der Waals surface area contributed by atoms with Crippen LogP contribution < -0.4 is 5.73 Å². The minimum Gasteiger partial charge on any atom is -0.382 e. The number of hydrogen-bond acceptors (Lipinski definition) is 3. The van der Waals surface area contributed by atoms with E-state index < -0.39 is 0 Å². The molecular formula is C9H17N3O. The van der Waals surface area contributed by atoms with Gasteiger partial charge in [-0.1, -0.05) is 13.8 Å². The van der Waals surface area contributed by atoms with E-state index in [1.807, 2.05) is 6.20 Å². The van der Waals surface area contributed by atoms with Gasteiger partial charge in [0, 0.05) is 12.8 Å². The molecule has 4 nitrogen and oxygen atoms in total. The highest BCUT2D eigenvalue weighted by molar-refractivity contribution is 5.23. The number of ether oxygens (including phenoxy) is 1. The number of nitrogen functional groups attached to an aromatic ring is 1. The minimum atomic E-state index is 0.559. The third kappa shape index (κ3) is 3.94. The molecule has 4 heteroatoms. The van der Waals surface area contributed by atoms with Crippen LogP contribution in [-0.4, -0.2) is 23.0 Å². The zero-order chi connectivity index (χ0) is 9.68. The fraction of sp³-hybridized carbons (Fsp3) is 0.667. The summed E-state index contributed by atoms with van der Waals surface area (Å²) in [5.41, 5.74) is 5.46. The van der Waals surface area contributed by atoms with E-state index in [0.717, 1.165) is 13.2 Å². The molecule has 0 bridgehead atoms. The molecule has 1 heterocycles.